The zero-order chi connectivity index (χ0) is 15.7. The van der Waals surface area contributed by atoms with Crippen molar-refractivity contribution in [3.05, 3.63) is 34.6 Å². The molecule has 0 saturated heterocycles. The van der Waals surface area contributed by atoms with E-state index in [1.807, 2.05) is 38.1 Å². The summed E-state index contributed by atoms with van der Waals surface area (Å²) in [5.74, 6) is 0.114. The normalized spacial score (nSPS) is 11.0. The Hall–Kier alpha value is -1.80. The van der Waals surface area contributed by atoms with Crippen LogP contribution >= 0.6 is 27.3 Å². The van der Waals surface area contributed by atoms with Crippen molar-refractivity contribution in [3.63, 3.8) is 0 Å². The molecule has 0 bridgehead atoms. The number of nitrogens with zero attached hydrogens (tertiary/aromatic N) is 5. The van der Waals surface area contributed by atoms with Crippen LogP contribution in [-0.2, 0) is 0 Å². The highest BCUT2D eigenvalue weighted by atomic mass is 79.9. The Kier molecular flexibility index (Phi) is 4.21. The zero-order valence-corrected chi connectivity index (χ0v) is 14.6. The summed E-state index contributed by atoms with van der Waals surface area (Å²) in [6, 6.07) is 7.86. The van der Waals surface area contributed by atoms with Gasteiger partial charge in [0, 0.05) is 23.1 Å². The molecule has 2 heterocycles. The van der Waals surface area contributed by atoms with E-state index in [0.29, 0.717) is 18.1 Å². The largest absolute Gasteiger partial charge is 0.336 e. The molecule has 1 aromatic carbocycles. The summed E-state index contributed by atoms with van der Waals surface area (Å²) in [6.07, 6.45) is 0. The first-order valence-electron chi connectivity index (χ1n) is 6.91. The van der Waals surface area contributed by atoms with Crippen molar-refractivity contribution in [2.75, 3.05) is 13.1 Å². The van der Waals surface area contributed by atoms with Crippen LogP contribution in [0.15, 0.2) is 28.7 Å². The Morgan fingerprint density at radius 2 is 1.91 bits per heavy atom. The molecule has 0 saturated carbocycles. The number of amides is 1. The van der Waals surface area contributed by atoms with E-state index >= 15 is 0 Å². The SMILES string of the molecule is CCN(CC)C(=O)c1nnc2sc(-c3ccc(Br)cc3)nn12. The molecule has 6 nitrogen and oxygen atoms in total. The van der Waals surface area contributed by atoms with Gasteiger partial charge in [-0.25, -0.2) is 0 Å². The van der Waals surface area contributed by atoms with Gasteiger partial charge >= 0.3 is 0 Å². The molecule has 3 rings (SSSR count). The van der Waals surface area contributed by atoms with Crippen molar-refractivity contribution in [2.45, 2.75) is 13.8 Å². The molecule has 0 unspecified atom stereocenters. The average molecular weight is 380 g/mol. The molecule has 0 aliphatic rings. The van der Waals surface area contributed by atoms with E-state index in [4.69, 9.17) is 0 Å². The van der Waals surface area contributed by atoms with Crippen LogP contribution in [0.4, 0.5) is 0 Å². The van der Waals surface area contributed by atoms with Crippen molar-refractivity contribution in [1.29, 1.82) is 0 Å². The molecule has 1 amide bonds. The maximum atomic E-state index is 12.4. The number of fused-ring (bicyclic) bond motifs is 1. The molecule has 8 heteroatoms. The van der Waals surface area contributed by atoms with Crippen LogP contribution in [-0.4, -0.2) is 43.7 Å². The van der Waals surface area contributed by atoms with Crippen molar-refractivity contribution in [2.24, 2.45) is 0 Å². The van der Waals surface area contributed by atoms with Gasteiger partial charge in [0.15, 0.2) is 0 Å². The topological polar surface area (TPSA) is 63.4 Å². The fourth-order valence-corrected chi connectivity index (χ4v) is 3.22. The molecular weight excluding hydrogens is 366 g/mol. The zero-order valence-electron chi connectivity index (χ0n) is 12.2. The molecule has 0 atom stereocenters. The van der Waals surface area contributed by atoms with Crippen molar-refractivity contribution < 1.29 is 4.79 Å². The second-order valence-electron chi connectivity index (χ2n) is 4.61. The molecule has 0 fully saturated rings. The van der Waals surface area contributed by atoms with Gasteiger partial charge in [-0.3, -0.25) is 4.79 Å². The number of halogens is 1. The van der Waals surface area contributed by atoms with Crippen LogP contribution < -0.4 is 0 Å². The number of carbonyl (C=O) groups excluding carboxylic acids is 1. The van der Waals surface area contributed by atoms with Crippen LogP contribution in [0.1, 0.15) is 24.5 Å². The minimum Gasteiger partial charge on any atom is -0.336 e. The third-order valence-electron chi connectivity index (χ3n) is 3.32. The van der Waals surface area contributed by atoms with Gasteiger partial charge in [0.2, 0.25) is 10.8 Å². The number of benzene rings is 1. The molecule has 114 valence electrons. The monoisotopic (exact) mass is 379 g/mol. The molecule has 0 aliphatic carbocycles. The van der Waals surface area contributed by atoms with E-state index < -0.39 is 0 Å². The van der Waals surface area contributed by atoms with Gasteiger partial charge in [-0.05, 0) is 26.0 Å². The lowest BCUT2D eigenvalue weighted by Gasteiger charge is -2.16. The standard InChI is InChI=1S/C14H14BrN5OS/c1-3-19(4-2)13(21)11-16-17-14-20(11)18-12(22-14)9-5-7-10(15)8-6-9/h5-8H,3-4H2,1-2H3. The predicted octanol–water partition coefficient (Wildman–Crippen LogP) is 3.10. The van der Waals surface area contributed by atoms with E-state index in [-0.39, 0.29) is 11.7 Å². The third kappa shape index (κ3) is 2.64. The molecule has 0 radical (unpaired) electrons. The number of carbonyl (C=O) groups is 1. The summed E-state index contributed by atoms with van der Waals surface area (Å²) in [4.78, 5) is 14.8. The molecule has 0 spiro atoms. The molecule has 2 aromatic heterocycles. The summed E-state index contributed by atoms with van der Waals surface area (Å²) in [6.45, 7) is 5.14. The van der Waals surface area contributed by atoms with Crippen LogP contribution in [0.25, 0.3) is 15.5 Å². The Morgan fingerprint density at radius 1 is 1.23 bits per heavy atom. The number of hydrogen-bond acceptors (Lipinski definition) is 5. The lowest BCUT2D eigenvalue weighted by Crippen LogP contribution is -2.32. The van der Waals surface area contributed by atoms with E-state index in [1.165, 1.54) is 15.9 Å². The maximum Gasteiger partial charge on any atom is 0.293 e. The lowest BCUT2D eigenvalue weighted by atomic mass is 10.2. The number of aromatic nitrogens is 4. The molecule has 22 heavy (non-hydrogen) atoms. The van der Waals surface area contributed by atoms with E-state index in [1.54, 1.807) is 4.90 Å². The van der Waals surface area contributed by atoms with E-state index in [9.17, 15) is 4.79 Å². The van der Waals surface area contributed by atoms with Crippen molar-refractivity contribution in [3.8, 4) is 10.6 Å². The smallest absolute Gasteiger partial charge is 0.293 e. The number of hydrogen-bond donors (Lipinski definition) is 0. The van der Waals surface area contributed by atoms with Gasteiger partial charge in [-0.2, -0.15) is 9.61 Å². The molecule has 0 N–H and O–H groups in total. The van der Waals surface area contributed by atoms with Gasteiger partial charge < -0.3 is 4.90 Å². The average Bonchev–Trinajstić information content (AvgIpc) is 3.09. The Labute approximate surface area is 139 Å². The Bertz CT molecular complexity index is 806. The quantitative estimate of drug-likeness (QED) is 0.698. The fourth-order valence-electron chi connectivity index (χ4n) is 2.11. The Morgan fingerprint density at radius 3 is 2.55 bits per heavy atom. The summed E-state index contributed by atoms with van der Waals surface area (Å²) >= 11 is 4.83. The van der Waals surface area contributed by atoms with Crippen LogP contribution in [0, 0.1) is 0 Å². The van der Waals surface area contributed by atoms with Crippen LogP contribution in [0.5, 0.6) is 0 Å². The van der Waals surface area contributed by atoms with Crippen LogP contribution in [0.2, 0.25) is 0 Å². The van der Waals surface area contributed by atoms with Gasteiger partial charge in [-0.1, -0.05) is 39.4 Å². The highest BCUT2D eigenvalue weighted by Gasteiger charge is 2.22. The third-order valence-corrected chi connectivity index (χ3v) is 4.80. The van der Waals surface area contributed by atoms with E-state index in [2.05, 4.69) is 31.2 Å². The van der Waals surface area contributed by atoms with Gasteiger partial charge in [0.25, 0.3) is 5.91 Å². The Balaban J connectivity index is 2.01. The first-order valence-corrected chi connectivity index (χ1v) is 8.52. The number of rotatable bonds is 4. The fraction of sp³-hybridized carbons (Fsp3) is 0.286. The highest BCUT2D eigenvalue weighted by molar-refractivity contribution is 9.10. The van der Waals surface area contributed by atoms with Crippen LogP contribution in [0.3, 0.4) is 0 Å². The second-order valence-corrected chi connectivity index (χ2v) is 6.48. The molecular formula is C14H14BrN5OS. The first-order chi connectivity index (χ1) is 10.6. The minimum absolute atomic E-state index is 0.148. The minimum atomic E-state index is -0.148. The molecule has 0 aliphatic heterocycles. The van der Waals surface area contributed by atoms with Gasteiger partial charge in [0.05, 0.1) is 0 Å². The maximum absolute atomic E-state index is 12.4. The summed E-state index contributed by atoms with van der Waals surface area (Å²) in [5.41, 5.74) is 0.986. The summed E-state index contributed by atoms with van der Waals surface area (Å²) in [7, 11) is 0. The lowest BCUT2D eigenvalue weighted by molar-refractivity contribution is 0.0758. The molecule has 3 aromatic rings. The highest BCUT2D eigenvalue weighted by Crippen LogP contribution is 2.26. The summed E-state index contributed by atoms with van der Waals surface area (Å²) in [5, 5.41) is 13.4. The van der Waals surface area contributed by atoms with Gasteiger partial charge in [-0.15, -0.1) is 10.2 Å². The van der Waals surface area contributed by atoms with Crippen molar-refractivity contribution in [1.82, 2.24) is 24.7 Å². The summed E-state index contributed by atoms with van der Waals surface area (Å²) < 4.78 is 2.54. The second kappa shape index (κ2) is 6.13. The van der Waals surface area contributed by atoms with Gasteiger partial charge in [0.1, 0.15) is 5.01 Å². The van der Waals surface area contributed by atoms with E-state index in [0.717, 1.165) is 15.0 Å². The predicted molar refractivity (Wildman–Crippen MR) is 89.0 cm³/mol. The first kappa shape index (κ1) is 15.1. The van der Waals surface area contributed by atoms with Crippen molar-refractivity contribution >= 4 is 38.1 Å².